The van der Waals surface area contributed by atoms with Crippen LogP contribution in [0.15, 0.2) is 61.3 Å². The van der Waals surface area contributed by atoms with Gasteiger partial charge in [-0.1, -0.05) is 29.5 Å². The molecule has 0 radical (unpaired) electrons. The molecule has 1 aromatic carbocycles. The highest BCUT2D eigenvalue weighted by Gasteiger charge is 2.25. The van der Waals surface area contributed by atoms with E-state index in [9.17, 15) is 10.0 Å². The second kappa shape index (κ2) is 7.38. The molecule has 0 spiro atoms. The van der Waals surface area contributed by atoms with Crippen LogP contribution in [-0.2, 0) is 12.6 Å². The number of pyridine rings is 2. The Bertz CT molecular complexity index is 1470. The van der Waals surface area contributed by atoms with Gasteiger partial charge >= 0.3 is 0 Å². The van der Waals surface area contributed by atoms with Crippen LogP contribution in [0, 0.1) is 5.21 Å². The van der Waals surface area contributed by atoms with Gasteiger partial charge in [-0.25, -0.2) is 15.0 Å². The molecule has 4 aromatic heterocycles. The molecule has 0 aliphatic carbocycles. The molecule has 0 unspecified atom stereocenters. The molecule has 5 aromatic rings. The molecule has 8 nitrogen and oxygen atoms in total. The predicted molar refractivity (Wildman–Crippen MR) is 123 cm³/mol. The molecule has 0 fully saturated rings. The molecule has 32 heavy (non-hydrogen) atoms. The van der Waals surface area contributed by atoms with Crippen molar-refractivity contribution in [3.63, 3.8) is 0 Å². The van der Waals surface area contributed by atoms with Crippen molar-refractivity contribution < 1.29 is 9.52 Å². The van der Waals surface area contributed by atoms with E-state index in [4.69, 9.17) is 4.98 Å². The minimum absolute atomic E-state index is 0.246. The van der Waals surface area contributed by atoms with Crippen LogP contribution >= 0.6 is 11.3 Å². The lowest BCUT2D eigenvalue weighted by Crippen LogP contribution is -2.41. The fraction of sp³-hybridized carbons (Fsp3) is 0.174. The summed E-state index contributed by atoms with van der Waals surface area (Å²) in [6.07, 6.45) is 6.15. The largest absolute Gasteiger partial charge is 0.619 e. The van der Waals surface area contributed by atoms with Crippen molar-refractivity contribution in [1.29, 1.82) is 0 Å². The van der Waals surface area contributed by atoms with Crippen LogP contribution in [0.25, 0.3) is 32.0 Å². The maximum atomic E-state index is 12.7. The molecular weight excluding hydrogens is 424 g/mol. The normalized spacial score (nSPS) is 11.8. The minimum Gasteiger partial charge on any atom is -0.619 e. The van der Waals surface area contributed by atoms with Gasteiger partial charge in [-0.3, -0.25) is 4.79 Å². The van der Waals surface area contributed by atoms with Crippen LogP contribution in [0.1, 0.15) is 29.8 Å². The highest BCUT2D eigenvalue weighted by atomic mass is 32.1. The van der Waals surface area contributed by atoms with Crippen molar-refractivity contribution in [2.75, 3.05) is 0 Å². The Hall–Kier alpha value is -3.85. The summed E-state index contributed by atoms with van der Waals surface area (Å²) in [6.45, 7) is 3.89. The molecule has 0 aliphatic rings. The molecular formula is C23H20N6O2S. The summed E-state index contributed by atoms with van der Waals surface area (Å²) in [7, 11) is 1.95. The second-order valence-corrected chi connectivity index (χ2v) is 9.10. The predicted octanol–water partition coefficient (Wildman–Crippen LogP) is 3.54. The van der Waals surface area contributed by atoms with E-state index in [1.54, 1.807) is 12.5 Å². The number of nitrogens with zero attached hydrogens (tertiary/aromatic N) is 5. The first kappa shape index (κ1) is 20.1. The van der Waals surface area contributed by atoms with Gasteiger partial charge in [0.15, 0.2) is 12.4 Å². The number of thiazole rings is 1. The van der Waals surface area contributed by atoms with Gasteiger partial charge in [-0.2, -0.15) is 4.73 Å². The van der Waals surface area contributed by atoms with Gasteiger partial charge in [0.2, 0.25) is 0 Å². The maximum Gasteiger partial charge on any atom is 0.252 e. The fourth-order valence-electron chi connectivity index (χ4n) is 3.66. The quantitative estimate of drug-likeness (QED) is 0.338. The minimum atomic E-state index is -0.638. The number of rotatable bonds is 4. The Morgan fingerprint density at radius 3 is 2.75 bits per heavy atom. The molecule has 1 N–H and O–H groups in total. The van der Waals surface area contributed by atoms with Gasteiger partial charge in [0.25, 0.3) is 5.91 Å². The summed E-state index contributed by atoms with van der Waals surface area (Å²) in [5.41, 5.74) is 4.30. The van der Waals surface area contributed by atoms with E-state index in [1.165, 1.54) is 35.9 Å². The second-order valence-electron chi connectivity index (χ2n) is 8.13. The Morgan fingerprint density at radius 1 is 1.19 bits per heavy atom. The molecule has 160 valence electrons. The number of hydrogen-bond donors (Lipinski definition) is 1. The number of aromatic nitrogens is 5. The first-order valence-electron chi connectivity index (χ1n) is 10.0. The third-order valence-electron chi connectivity index (χ3n) is 5.42. The fourth-order valence-corrected chi connectivity index (χ4v) is 4.57. The lowest BCUT2D eigenvalue weighted by molar-refractivity contribution is -0.605. The van der Waals surface area contributed by atoms with Crippen LogP contribution in [0.2, 0.25) is 0 Å². The number of fused-ring (bicyclic) bond motifs is 3. The monoisotopic (exact) mass is 444 g/mol. The summed E-state index contributed by atoms with van der Waals surface area (Å²) in [4.78, 5) is 27.3. The molecule has 1 amide bonds. The Labute approximate surface area is 187 Å². The zero-order chi connectivity index (χ0) is 22.5. The molecule has 0 saturated carbocycles. The third kappa shape index (κ3) is 3.46. The van der Waals surface area contributed by atoms with Crippen molar-refractivity contribution in [3.8, 4) is 10.6 Å². The number of amides is 1. The number of carbonyl (C=O) groups excluding carboxylic acids is 1. The molecule has 0 atom stereocenters. The van der Waals surface area contributed by atoms with Gasteiger partial charge < -0.3 is 15.1 Å². The van der Waals surface area contributed by atoms with E-state index in [0.717, 1.165) is 37.5 Å². The Morgan fingerprint density at radius 2 is 1.97 bits per heavy atom. The summed E-state index contributed by atoms with van der Waals surface area (Å²) in [6, 6.07) is 11.0. The van der Waals surface area contributed by atoms with Crippen molar-refractivity contribution in [2.45, 2.75) is 19.4 Å². The zero-order valence-corrected chi connectivity index (χ0v) is 18.6. The highest BCUT2D eigenvalue weighted by molar-refractivity contribution is 7.21. The first-order valence-corrected chi connectivity index (χ1v) is 10.8. The number of nitrogens with one attached hydrogen (secondary N) is 1. The van der Waals surface area contributed by atoms with E-state index < -0.39 is 5.54 Å². The lowest BCUT2D eigenvalue weighted by Gasteiger charge is -2.27. The van der Waals surface area contributed by atoms with E-state index >= 15 is 0 Å². The number of carbonyl (C=O) groups is 1. The molecule has 4 heterocycles. The standard InChI is InChI=1S/C23H20N6O2S/c1-23(2,27-20(30)14-7-9-29(31)10-8-14)16-6-4-5-15(11-16)21-26-18-19-17(25-13-28(19)3)12-24-22(18)32-21/h4-13H,1-3H3,(H,27,30). The summed E-state index contributed by atoms with van der Waals surface area (Å²) in [5, 5.41) is 15.1. The SMILES string of the molecule is Cn1cnc2cnc3sc(-c4cccc(C(C)(C)NC(=O)c5cc[n+]([O-])cc5)c4)nc3c21. The number of aryl methyl sites for hydroxylation is 1. The van der Waals surface area contributed by atoms with E-state index in [0.29, 0.717) is 10.3 Å². The van der Waals surface area contributed by atoms with Crippen molar-refractivity contribution in [3.05, 3.63) is 77.7 Å². The number of imidazole rings is 1. The number of hydrogen-bond acceptors (Lipinski definition) is 6. The average molecular weight is 445 g/mol. The third-order valence-corrected chi connectivity index (χ3v) is 6.44. The van der Waals surface area contributed by atoms with Crippen LogP contribution in [0.4, 0.5) is 0 Å². The summed E-state index contributed by atoms with van der Waals surface area (Å²) < 4.78 is 2.60. The van der Waals surface area contributed by atoms with E-state index in [2.05, 4.69) is 15.3 Å². The average Bonchev–Trinajstić information content (AvgIpc) is 3.37. The zero-order valence-electron chi connectivity index (χ0n) is 17.7. The summed E-state index contributed by atoms with van der Waals surface area (Å²) >= 11 is 1.53. The van der Waals surface area contributed by atoms with Gasteiger partial charge in [-0.05, 0) is 25.5 Å². The van der Waals surface area contributed by atoms with Crippen LogP contribution in [-0.4, -0.2) is 25.4 Å². The highest BCUT2D eigenvalue weighted by Crippen LogP contribution is 2.34. The topological polar surface area (TPSA) is 99.6 Å². The number of benzene rings is 1. The molecule has 5 rings (SSSR count). The molecule has 0 bridgehead atoms. The van der Waals surface area contributed by atoms with Gasteiger partial charge in [-0.15, -0.1) is 0 Å². The van der Waals surface area contributed by atoms with E-state index in [-0.39, 0.29) is 5.91 Å². The van der Waals surface area contributed by atoms with Crippen LogP contribution in [0.3, 0.4) is 0 Å². The molecule has 0 saturated heterocycles. The van der Waals surface area contributed by atoms with Gasteiger partial charge in [0.1, 0.15) is 20.9 Å². The maximum absolute atomic E-state index is 12.7. The van der Waals surface area contributed by atoms with E-state index in [1.807, 2.05) is 49.7 Å². The first-order chi connectivity index (χ1) is 15.3. The van der Waals surface area contributed by atoms with Crippen molar-refractivity contribution >= 4 is 38.6 Å². The molecule has 0 aliphatic heterocycles. The van der Waals surface area contributed by atoms with Crippen molar-refractivity contribution in [1.82, 2.24) is 24.8 Å². The summed E-state index contributed by atoms with van der Waals surface area (Å²) in [5.74, 6) is -0.246. The Kier molecular flexibility index (Phi) is 4.63. The van der Waals surface area contributed by atoms with Crippen LogP contribution < -0.4 is 10.0 Å². The lowest BCUT2D eigenvalue weighted by atomic mass is 9.92. The van der Waals surface area contributed by atoms with Gasteiger partial charge in [0.05, 0.1) is 29.1 Å². The smallest absolute Gasteiger partial charge is 0.252 e. The molecule has 9 heteroatoms. The van der Waals surface area contributed by atoms with Crippen molar-refractivity contribution in [2.24, 2.45) is 7.05 Å². The van der Waals surface area contributed by atoms with Crippen LogP contribution in [0.5, 0.6) is 0 Å². The Balaban J connectivity index is 1.48. The van der Waals surface area contributed by atoms with Gasteiger partial charge in [0, 0.05) is 24.7 Å².